The Labute approximate surface area is 122 Å². The van der Waals surface area contributed by atoms with Crippen molar-refractivity contribution in [3.05, 3.63) is 70.2 Å². The van der Waals surface area contributed by atoms with Crippen LogP contribution in [0.1, 0.15) is 17.2 Å². The van der Waals surface area contributed by atoms with E-state index in [2.05, 4.69) is 63.3 Å². The van der Waals surface area contributed by atoms with Crippen LogP contribution in [0.5, 0.6) is 0 Å². The van der Waals surface area contributed by atoms with E-state index in [1.54, 1.807) is 0 Å². The zero-order chi connectivity index (χ0) is 13.1. The van der Waals surface area contributed by atoms with Crippen molar-refractivity contribution in [1.29, 1.82) is 0 Å². The van der Waals surface area contributed by atoms with E-state index < -0.39 is 0 Å². The normalized spacial score (nSPS) is 19.7. The second-order valence-electron chi connectivity index (χ2n) is 4.80. The van der Waals surface area contributed by atoms with Gasteiger partial charge in [0.2, 0.25) is 0 Å². The van der Waals surface area contributed by atoms with Crippen LogP contribution in [-0.4, -0.2) is 18.2 Å². The Morgan fingerprint density at radius 2 is 1.79 bits per heavy atom. The Kier molecular flexibility index (Phi) is 3.97. The van der Waals surface area contributed by atoms with Gasteiger partial charge in [-0.2, -0.15) is 0 Å². The van der Waals surface area contributed by atoms with Gasteiger partial charge in [0, 0.05) is 17.6 Å². The van der Waals surface area contributed by atoms with Crippen LogP contribution in [0, 0.1) is 0 Å². The number of ether oxygens (including phenoxy) is 1. The first-order chi connectivity index (χ1) is 9.33. The van der Waals surface area contributed by atoms with Crippen molar-refractivity contribution in [3.63, 3.8) is 0 Å². The van der Waals surface area contributed by atoms with Gasteiger partial charge in [-0.3, -0.25) is 4.90 Å². The molecule has 0 aliphatic carbocycles. The summed E-state index contributed by atoms with van der Waals surface area (Å²) in [4.78, 5) is 2.33. The Hall–Kier alpha value is -1.16. The lowest BCUT2D eigenvalue weighted by Crippen LogP contribution is -2.19. The zero-order valence-corrected chi connectivity index (χ0v) is 12.2. The van der Waals surface area contributed by atoms with Crippen molar-refractivity contribution in [2.45, 2.75) is 12.6 Å². The number of benzene rings is 2. The third kappa shape index (κ3) is 3.06. The molecule has 0 bridgehead atoms. The first kappa shape index (κ1) is 12.9. The first-order valence-electron chi connectivity index (χ1n) is 6.45. The fourth-order valence-electron chi connectivity index (χ4n) is 2.41. The molecular weight excluding hydrogens is 302 g/mol. The lowest BCUT2D eigenvalue weighted by atomic mass is 10.1. The minimum absolute atomic E-state index is 0.166. The maximum atomic E-state index is 5.90. The van der Waals surface area contributed by atoms with Crippen LogP contribution in [0.4, 0.5) is 0 Å². The predicted molar refractivity (Wildman–Crippen MR) is 79.7 cm³/mol. The molecule has 3 heteroatoms. The molecule has 1 aliphatic heterocycles. The van der Waals surface area contributed by atoms with Crippen LogP contribution in [-0.2, 0) is 11.3 Å². The molecule has 0 spiro atoms. The van der Waals surface area contributed by atoms with Crippen molar-refractivity contribution in [3.8, 4) is 0 Å². The molecule has 2 aromatic carbocycles. The first-order valence-corrected chi connectivity index (χ1v) is 7.24. The molecule has 19 heavy (non-hydrogen) atoms. The summed E-state index contributed by atoms with van der Waals surface area (Å²) in [6, 6.07) is 18.8. The Balaban J connectivity index is 1.66. The number of hydrogen-bond donors (Lipinski definition) is 0. The average molecular weight is 318 g/mol. The fraction of sp³-hybridized carbons (Fsp3) is 0.250. The number of hydrogen-bond acceptors (Lipinski definition) is 2. The summed E-state index contributed by atoms with van der Waals surface area (Å²) in [5.74, 6) is 0. The van der Waals surface area contributed by atoms with E-state index in [0.717, 1.165) is 17.6 Å². The standard InChI is InChI=1S/C16H16BrNO/c17-15-9-5-4-8-14(15)16-11-18(12-19-16)10-13-6-2-1-3-7-13/h1-9,16H,10-12H2. The van der Waals surface area contributed by atoms with E-state index in [1.165, 1.54) is 11.1 Å². The number of rotatable bonds is 3. The highest BCUT2D eigenvalue weighted by atomic mass is 79.9. The average Bonchev–Trinajstić information content (AvgIpc) is 2.89. The highest BCUT2D eigenvalue weighted by Crippen LogP contribution is 2.30. The largest absolute Gasteiger partial charge is 0.357 e. The molecule has 1 aliphatic rings. The summed E-state index contributed by atoms with van der Waals surface area (Å²) in [5.41, 5.74) is 2.57. The lowest BCUT2D eigenvalue weighted by molar-refractivity contribution is 0.0877. The molecule has 98 valence electrons. The highest BCUT2D eigenvalue weighted by Gasteiger charge is 2.25. The van der Waals surface area contributed by atoms with Gasteiger partial charge in [-0.05, 0) is 17.2 Å². The molecule has 0 amide bonds. The SMILES string of the molecule is Brc1ccccc1C1CN(Cc2ccccc2)CO1. The van der Waals surface area contributed by atoms with Gasteiger partial charge in [-0.25, -0.2) is 0 Å². The molecule has 0 radical (unpaired) electrons. The Morgan fingerprint density at radius 3 is 2.58 bits per heavy atom. The molecule has 0 saturated carbocycles. The summed E-state index contributed by atoms with van der Waals surface area (Å²) in [6.45, 7) is 2.58. The molecule has 0 aromatic heterocycles. The molecule has 0 N–H and O–H groups in total. The van der Waals surface area contributed by atoms with Gasteiger partial charge in [-0.1, -0.05) is 64.5 Å². The van der Waals surface area contributed by atoms with E-state index in [9.17, 15) is 0 Å². The number of halogens is 1. The summed E-state index contributed by atoms with van der Waals surface area (Å²) in [6.07, 6.45) is 0.166. The Morgan fingerprint density at radius 1 is 1.05 bits per heavy atom. The monoisotopic (exact) mass is 317 g/mol. The van der Waals surface area contributed by atoms with Crippen LogP contribution < -0.4 is 0 Å². The van der Waals surface area contributed by atoms with Gasteiger partial charge in [0.15, 0.2) is 0 Å². The molecule has 1 unspecified atom stereocenters. The minimum Gasteiger partial charge on any atom is -0.357 e. The summed E-state index contributed by atoms with van der Waals surface area (Å²) < 4.78 is 7.03. The predicted octanol–water partition coefficient (Wildman–Crippen LogP) is 3.98. The molecule has 2 aromatic rings. The summed E-state index contributed by atoms with van der Waals surface area (Å²) in [5, 5.41) is 0. The third-order valence-electron chi connectivity index (χ3n) is 3.38. The third-order valence-corrected chi connectivity index (χ3v) is 4.11. The molecule has 1 saturated heterocycles. The lowest BCUT2D eigenvalue weighted by Gasteiger charge is -2.14. The molecule has 1 atom stereocenters. The van der Waals surface area contributed by atoms with Crippen LogP contribution in [0.3, 0.4) is 0 Å². The molecular formula is C16H16BrNO. The van der Waals surface area contributed by atoms with E-state index in [0.29, 0.717) is 6.73 Å². The zero-order valence-electron chi connectivity index (χ0n) is 10.6. The van der Waals surface area contributed by atoms with Crippen LogP contribution in [0.15, 0.2) is 59.1 Å². The smallest absolute Gasteiger partial charge is 0.100 e. The Bertz CT molecular complexity index is 543. The maximum Gasteiger partial charge on any atom is 0.100 e. The van der Waals surface area contributed by atoms with Gasteiger partial charge < -0.3 is 4.74 Å². The fourth-order valence-corrected chi connectivity index (χ4v) is 2.95. The van der Waals surface area contributed by atoms with Gasteiger partial charge in [-0.15, -0.1) is 0 Å². The molecule has 1 heterocycles. The van der Waals surface area contributed by atoms with Crippen molar-refractivity contribution in [2.75, 3.05) is 13.3 Å². The van der Waals surface area contributed by atoms with E-state index in [1.807, 2.05) is 12.1 Å². The van der Waals surface area contributed by atoms with Crippen LogP contribution in [0.2, 0.25) is 0 Å². The van der Waals surface area contributed by atoms with Crippen molar-refractivity contribution in [1.82, 2.24) is 4.90 Å². The van der Waals surface area contributed by atoms with E-state index >= 15 is 0 Å². The van der Waals surface area contributed by atoms with Crippen LogP contribution in [0.25, 0.3) is 0 Å². The van der Waals surface area contributed by atoms with Gasteiger partial charge >= 0.3 is 0 Å². The second-order valence-corrected chi connectivity index (χ2v) is 5.66. The van der Waals surface area contributed by atoms with Gasteiger partial charge in [0.1, 0.15) is 6.73 Å². The van der Waals surface area contributed by atoms with E-state index in [-0.39, 0.29) is 6.10 Å². The summed E-state index contributed by atoms with van der Waals surface area (Å²) in [7, 11) is 0. The molecule has 2 nitrogen and oxygen atoms in total. The maximum absolute atomic E-state index is 5.90. The topological polar surface area (TPSA) is 12.5 Å². The molecule has 1 fully saturated rings. The van der Waals surface area contributed by atoms with Gasteiger partial charge in [0.05, 0.1) is 6.10 Å². The van der Waals surface area contributed by atoms with Crippen LogP contribution >= 0.6 is 15.9 Å². The molecule has 3 rings (SSSR count). The highest BCUT2D eigenvalue weighted by molar-refractivity contribution is 9.10. The quantitative estimate of drug-likeness (QED) is 0.849. The summed E-state index contributed by atoms with van der Waals surface area (Å²) >= 11 is 3.59. The second kappa shape index (κ2) is 5.87. The van der Waals surface area contributed by atoms with Crippen molar-refractivity contribution in [2.24, 2.45) is 0 Å². The van der Waals surface area contributed by atoms with Gasteiger partial charge in [0.25, 0.3) is 0 Å². The van der Waals surface area contributed by atoms with Crippen molar-refractivity contribution < 1.29 is 4.74 Å². The van der Waals surface area contributed by atoms with Crippen molar-refractivity contribution >= 4 is 15.9 Å². The minimum atomic E-state index is 0.166. The van der Waals surface area contributed by atoms with E-state index in [4.69, 9.17) is 4.74 Å². The number of nitrogens with zero attached hydrogens (tertiary/aromatic N) is 1.